The molecule has 1 aliphatic rings. The van der Waals surface area contributed by atoms with Gasteiger partial charge in [0.15, 0.2) is 0 Å². The molecule has 7 heteroatoms. The van der Waals surface area contributed by atoms with Gasteiger partial charge in [-0.15, -0.1) is 0 Å². The molecule has 0 unspecified atom stereocenters. The number of hydrogen-bond acceptors (Lipinski definition) is 3. The third kappa shape index (κ3) is 4.32. The van der Waals surface area contributed by atoms with Crippen LogP contribution in [0.4, 0.5) is 0 Å². The van der Waals surface area contributed by atoms with E-state index in [0.29, 0.717) is 31.0 Å². The molecular weight excluding hydrogens is 315 g/mol. The highest BCUT2D eigenvalue weighted by atomic mass is 35.5. The van der Waals surface area contributed by atoms with Gasteiger partial charge in [0.25, 0.3) is 5.91 Å². The largest absolute Gasteiger partial charge is 0.481 e. The normalized spacial score (nSPS) is 16.0. The number of carbonyl (C=O) groups is 2. The van der Waals surface area contributed by atoms with Gasteiger partial charge in [-0.05, 0) is 31.2 Å². The number of amides is 1. The van der Waals surface area contributed by atoms with Crippen molar-refractivity contribution in [3.05, 3.63) is 28.0 Å². The Morgan fingerprint density at radius 3 is 2.57 bits per heavy atom. The zero-order valence-corrected chi connectivity index (χ0v) is 12.9. The van der Waals surface area contributed by atoms with Crippen LogP contribution in [0.1, 0.15) is 36.0 Å². The maximum atomic E-state index is 12.3. The molecule has 1 saturated heterocycles. The molecule has 114 valence electrons. The lowest BCUT2D eigenvalue weighted by Gasteiger charge is -2.31. The fourth-order valence-electron chi connectivity index (χ4n) is 2.47. The maximum Gasteiger partial charge on any atom is 0.303 e. The van der Waals surface area contributed by atoms with Crippen LogP contribution in [0.15, 0.2) is 12.3 Å². The lowest BCUT2D eigenvalue weighted by atomic mass is 9.92. The predicted molar refractivity (Wildman–Crippen MR) is 79.8 cm³/mol. The summed E-state index contributed by atoms with van der Waals surface area (Å²) in [7, 11) is 0. The van der Waals surface area contributed by atoms with Crippen LogP contribution < -0.4 is 0 Å². The van der Waals surface area contributed by atoms with E-state index in [0.717, 1.165) is 12.8 Å². The molecule has 5 nitrogen and oxygen atoms in total. The van der Waals surface area contributed by atoms with Gasteiger partial charge in [0, 0.05) is 25.7 Å². The fourth-order valence-corrected chi connectivity index (χ4v) is 2.74. The van der Waals surface area contributed by atoms with Crippen LogP contribution in [-0.4, -0.2) is 40.0 Å². The number of nitrogens with zero attached hydrogens (tertiary/aromatic N) is 2. The zero-order chi connectivity index (χ0) is 15.4. The SMILES string of the molecule is O=C(O)CCC1CCN(C(=O)c2cnc(Cl)c(Cl)c2)CC1. The van der Waals surface area contributed by atoms with Crippen LogP contribution >= 0.6 is 23.2 Å². The number of aliphatic carboxylic acids is 1. The standard InChI is InChI=1S/C14H16Cl2N2O3/c15-11-7-10(8-17-13(11)16)14(21)18-5-3-9(4-6-18)1-2-12(19)20/h7-9H,1-6H2,(H,19,20). The average molecular weight is 331 g/mol. The van der Waals surface area contributed by atoms with E-state index in [-0.39, 0.29) is 22.5 Å². The number of rotatable bonds is 4. The Kier molecular flexibility index (Phi) is 5.42. The van der Waals surface area contributed by atoms with Crippen molar-refractivity contribution in [3.8, 4) is 0 Å². The zero-order valence-electron chi connectivity index (χ0n) is 11.4. The maximum absolute atomic E-state index is 12.3. The first-order valence-electron chi connectivity index (χ1n) is 6.79. The number of halogens is 2. The molecule has 1 amide bonds. The molecule has 0 bridgehead atoms. The lowest BCUT2D eigenvalue weighted by molar-refractivity contribution is -0.137. The summed E-state index contributed by atoms with van der Waals surface area (Å²) in [6.07, 6.45) is 3.94. The van der Waals surface area contributed by atoms with Gasteiger partial charge in [0.05, 0.1) is 10.6 Å². The Morgan fingerprint density at radius 1 is 1.33 bits per heavy atom. The predicted octanol–water partition coefficient (Wildman–Crippen LogP) is 3.11. The molecule has 2 heterocycles. The van der Waals surface area contributed by atoms with Crippen LogP contribution in [0.3, 0.4) is 0 Å². The van der Waals surface area contributed by atoms with E-state index >= 15 is 0 Å². The van der Waals surface area contributed by atoms with Gasteiger partial charge in [-0.2, -0.15) is 0 Å². The minimum absolute atomic E-state index is 0.113. The van der Waals surface area contributed by atoms with Gasteiger partial charge >= 0.3 is 5.97 Å². The molecule has 1 aromatic rings. The Balaban J connectivity index is 1.90. The Labute approximate surface area is 132 Å². The number of carbonyl (C=O) groups excluding carboxylic acids is 1. The molecule has 0 radical (unpaired) electrons. The second kappa shape index (κ2) is 7.09. The van der Waals surface area contributed by atoms with Gasteiger partial charge in [-0.1, -0.05) is 23.2 Å². The molecular formula is C14H16Cl2N2O3. The molecule has 21 heavy (non-hydrogen) atoms. The highest BCUT2D eigenvalue weighted by molar-refractivity contribution is 6.41. The first-order valence-corrected chi connectivity index (χ1v) is 7.55. The van der Waals surface area contributed by atoms with Crippen molar-refractivity contribution >= 4 is 35.1 Å². The summed E-state index contributed by atoms with van der Waals surface area (Å²) < 4.78 is 0. The number of likely N-dealkylation sites (tertiary alicyclic amines) is 1. The molecule has 0 aliphatic carbocycles. The number of pyridine rings is 1. The van der Waals surface area contributed by atoms with E-state index in [1.807, 2.05) is 0 Å². The van der Waals surface area contributed by atoms with Crippen LogP contribution in [0.2, 0.25) is 10.2 Å². The molecule has 0 spiro atoms. The summed E-state index contributed by atoms with van der Waals surface area (Å²) in [4.78, 5) is 28.5. The van der Waals surface area contributed by atoms with Gasteiger partial charge in [-0.3, -0.25) is 9.59 Å². The first kappa shape index (κ1) is 16.0. The summed E-state index contributed by atoms with van der Waals surface area (Å²) >= 11 is 11.6. The molecule has 1 N–H and O–H groups in total. The topological polar surface area (TPSA) is 70.5 Å². The first-order chi connectivity index (χ1) is 9.97. The number of aromatic nitrogens is 1. The highest BCUT2D eigenvalue weighted by Gasteiger charge is 2.24. The van der Waals surface area contributed by atoms with Crippen molar-refractivity contribution in [2.45, 2.75) is 25.7 Å². The van der Waals surface area contributed by atoms with E-state index in [1.165, 1.54) is 12.3 Å². The molecule has 1 aromatic heterocycles. The van der Waals surface area contributed by atoms with E-state index in [9.17, 15) is 9.59 Å². The smallest absolute Gasteiger partial charge is 0.303 e. The minimum atomic E-state index is -0.768. The summed E-state index contributed by atoms with van der Waals surface area (Å²) in [5.74, 6) is -0.509. The molecule has 1 fully saturated rings. The fraction of sp³-hybridized carbons (Fsp3) is 0.500. The van der Waals surface area contributed by atoms with Gasteiger partial charge in [-0.25, -0.2) is 4.98 Å². The third-order valence-corrected chi connectivity index (χ3v) is 4.40. The summed E-state index contributed by atoms with van der Waals surface area (Å²) in [6, 6.07) is 1.52. The third-order valence-electron chi connectivity index (χ3n) is 3.71. The molecule has 2 rings (SSSR count). The Bertz CT molecular complexity index is 543. The van der Waals surface area contributed by atoms with Crippen molar-refractivity contribution in [2.75, 3.05) is 13.1 Å². The Hall–Kier alpha value is -1.33. The summed E-state index contributed by atoms with van der Waals surface area (Å²) in [5, 5.41) is 9.13. The number of piperidine rings is 1. The van der Waals surface area contributed by atoms with Gasteiger partial charge in [0.1, 0.15) is 5.15 Å². The van der Waals surface area contributed by atoms with Crippen molar-refractivity contribution in [3.63, 3.8) is 0 Å². The van der Waals surface area contributed by atoms with Crippen molar-refractivity contribution in [1.29, 1.82) is 0 Å². The van der Waals surface area contributed by atoms with Crippen LogP contribution in [-0.2, 0) is 4.79 Å². The van der Waals surface area contributed by atoms with E-state index in [2.05, 4.69) is 4.98 Å². The number of carboxylic acids is 1. The van der Waals surface area contributed by atoms with Crippen LogP contribution in [0.5, 0.6) is 0 Å². The quantitative estimate of drug-likeness (QED) is 0.861. The van der Waals surface area contributed by atoms with E-state index in [4.69, 9.17) is 28.3 Å². The second-order valence-electron chi connectivity index (χ2n) is 5.16. The van der Waals surface area contributed by atoms with Crippen LogP contribution in [0.25, 0.3) is 0 Å². The number of carboxylic acid groups (broad SMARTS) is 1. The Morgan fingerprint density at radius 2 is 2.00 bits per heavy atom. The van der Waals surface area contributed by atoms with Gasteiger partial charge in [0.2, 0.25) is 0 Å². The van der Waals surface area contributed by atoms with Gasteiger partial charge < -0.3 is 10.0 Å². The summed E-state index contributed by atoms with van der Waals surface area (Å²) in [6.45, 7) is 1.26. The lowest BCUT2D eigenvalue weighted by Crippen LogP contribution is -2.38. The molecule has 0 aromatic carbocycles. The van der Waals surface area contributed by atoms with Crippen molar-refractivity contribution in [1.82, 2.24) is 9.88 Å². The second-order valence-corrected chi connectivity index (χ2v) is 5.93. The average Bonchev–Trinajstić information content (AvgIpc) is 2.48. The number of hydrogen-bond donors (Lipinski definition) is 1. The molecule has 0 atom stereocenters. The monoisotopic (exact) mass is 330 g/mol. The highest BCUT2D eigenvalue weighted by Crippen LogP contribution is 2.25. The van der Waals surface area contributed by atoms with Crippen LogP contribution in [0, 0.1) is 5.92 Å². The van der Waals surface area contributed by atoms with E-state index in [1.54, 1.807) is 4.90 Å². The molecule has 1 aliphatic heterocycles. The molecule has 0 saturated carbocycles. The van der Waals surface area contributed by atoms with E-state index < -0.39 is 5.97 Å². The van der Waals surface area contributed by atoms with Crippen molar-refractivity contribution in [2.24, 2.45) is 5.92 Å². The van der Waals surface area contributed by atoms with Crippen molar-refractivity contribution < 1.29 is 14.7 Å². The minimum Gasteiger partial charge on any atom is -0.481 e. The summed E-state index contributed by atoms with van der Waals surface area (Å²) in [5.41, 5.74) is 0.424.